The Labute approximate surface area is 133 Å². The van der Waals surface area contributed by atoms with Gasteiger partial charge in [-0.3, -0.25) is 4.79 Å². The van der Waals surface area contributed by atoms with Crippen molar-refractivity contribution in [2.75, 3.05) is 17.7 Å². The number of urea groups is 1. The smallest absolute Gasteiger partial charge is 0.318 e. The molecule has 2 rings (SSSR count). The molecule has 0 bridgehead atoms. The Kier molecular flexibility index (Phi) is 5.46. The maximum absolute atomic E-state index is 13.0. The molecule has 0 spiro atoms. The van der Waals surface area contributed by atoms with Crippen LogP contribution >= 0.6 is 0 Å². The van der Waals surface area contributed by atoms with Gasteiger partial charge in [-0.15, -0.1) is 0 Å². The highest BCUT2D eigenvalue weighted by Crippen LogP contribution is 2.15. The van der Waals surface area contributed by atoms with Crippen molar-refractivity contribution in [3.05, 3.63) is 66.0 Å². The molecule has 23 heavy (non-hydrogen) atoms. The minimum absolute atomic E-state index is 0.348. The highest BCUT2D eigenvalue weighted by atomic mass is 19.1. The quantitative estimate of drug-likeness (QED) is 0.758. The van der Waals surface area contributed by atoms with E-state index in [2.05, 4.69) is 16.0 Å². The molecule has 0 heterocycles. The number of halogens is 1. The van der Waals surface area contributed by atoms with E-state index in [4.69, 9.17) is 0 Å². The van der Waals surface area contributed by atoms with Gasteiger partial charge in [-0.2, -0.15) is 0 Å². The summed E-state index contributed by atoms with van der Waals surface area (Å²) in [5.41, 5.74) is 1.68. The van der Waals surface area contributed by atoms with Gasteiger partial charge < -0.3 is 16.0 Å². The fraction of sp³-hybridized carbons (Fsp3) is 0.0588. The van der Waals surface area contributed by atoms with Crippen LogP contribution in [0.4, 0.5) is 20.6 Å². The first-order valence-electron chi connectivity index (χ1n) is 6.90. The van der Waals surface area contributed by atoms with Crippen LogP contribution in [0, 0.1) is 5.82 Å². The number of carbonyl (C=O) groups is 2. The summed E-state index contributed by atoms with van der Waals surface area (Å²) in [6.07, 6.45) is 2.83. The first kappa shape index (κ1) is 16.2. The van der Waals surface area contributed by atoms with Crippen molar-refractivity contribution < 1.29 is 14.0 Å². The van der Waals surface area contributed by atoms with Gasteiger partial charge in [0.2, 0.25) is 5.91 Å². The van der Waals surface area contributed by atoms with Crippen LogP contribution in [-0.4, -0.2) is 19.0 Å². The van der Waals surface area contributed by atoms with Gasteiger partial charge in [-0.1, -0.05) is 18.2 Å². The van der Waals surface area contributed by atoms with Crippen molar-refractivity contribution in [1.82, 2.24) is 5.32 Å². The molecule has 0 saturated heterocycles. The lowest BCUT2D eigenvalue weighted by molar-refractivity contribution is -0.111. The molecule has 118 valence electrons. The van der Waals surface area contributed by atoms with Crippen LogP contribution in [-0.2, 0) is 4.79 Å². The summed E-state index contributed by atoms with van der Waals surface area (Å²) >= 11 is 0. The third-order valence-electron chi connectivity index (χ3n) is 2.89. The van der Waals surface area contributed by atoms with Crippen LogP contribution in [0.2, 0.25) is 0 Å². The van der Waals surface area contributed by atoms with Crippen molar-refractivity contribution in [2.24, 2.45) is 0 Å². The Morgan fingerprint density at radius 1 is 1.00 bits per heavy atom. The van der Waals surface area contributed by atoms with Crippen molar-refractivity contribution in [3.8, 4) is 0 Å². The molecule has 3 N–H and O–H groups in total. The molecular weight excluding hydrogens is 297 g/mol. The van der Waals surface area contributed by atoms with Crippen LogP contribution in [0.5, 0.6) is 0 Å². The van der Waals surface area contributed by atoms with E-state index in [9.17, 15) is 14.0 Å². The number of carbonyl (C=O) groups excluding carboxylic acids is 2. The van der Waals surface area contributed by atoms with Gasteiger partial charge in [0.15, 0.2) is 0 Å². The minimum atomic E-state index is -0.361. The molecule has 0 aromatic heterocycles. The molecular formula is C17H16FN3O2. The van der Waals surface area contributed by atoms with E-state index in [1.807, 2.05) is 0 Å². The van der Waals surface area contributed by atoms with Gasteiger partial charge in [0, 0.05) is 24.5 Å². The third kappa shape index (κ3) is 5.28. The summed E-state index contributed by atoms with van der Waals surface area (Å²) in [5.74, 6) is -0.716. The Morgan fingerprint density at radius 3 is 2.39 bits per heavy atom. The highest BCUT2D eigenvalue weighted by molar-refractivity contribution is 6.02. The molecule has 6 heteroatoms. The van der Waals surface area contributed by atoms with E-state index in [1.54, 1.807) is 36.4 Å². The van der Waals surface area contributed by atoms with Crippen LogP contribution in [0.1, 0.15) is 5.56 Å². The Morgan fingerprint density at radius 2 is 1.70 bits per heavy atom. The second kappa shape index (κ2) is 7.74. The second-order valence-electron chi connectivity index (χ2n) is 4.66. The molecule has 0 radical (unpaired) electrons. The van der Waals surface area contributed by atoms with Crippen molar-refractivity contribution in [3.63, 3.8) is 0 Å². The first-order chi connectivity index (χ1) is 11.1. The average molecular weight is 313 g/mol. The zero-order valence-corrected chi connectivity index (χ0v) is 12.5. The van der Waals surface area contributed by atoms with Gasteiger partial charge >= 0.3 is 6.03 Å². The van der Waals surface area contributed by atoms with Crippen LogP contribution in [0.3, 0.4) is 0 Å². The minimum Gasteiger partial charge on any atom is -0.341 e. The van der Waals surface area contributed by atoms with Crippen LogP contribution in [0.25, 0.3) is 6.08 Å². The lowest BCUT2D eigenvalue weighted by Gasteiger charge is -2.07. The lowest BCUT2D eigenvalue weighted by Crippen LogP contribution is -2.24. The molecule has 0 fully saturated rings. The molecule has 2 aromatic carbocycles. The van der Waals surface area contributed by atoms with E-state index in [0.717, 1.165) is 0 Å². The fourth-order valence-corrected chi connectivity index (χ4v) is 1.83. The zero-order chi connectivity index (χ0) is 16.7. The number of hydrogen-bond acceptors (Lipinski definition) is 2. The van der Waals surface area contributed by atoms with E-state index in [0.29, 0.717) is 16.9 Å². The zero-order valence-electron chi connectivity index (χ0n) is 12.5. The summed E-state index contributed by atoms with van der Waals surface area (Å²) in [6.45, 7) is 0. The monoisotopic (exact) mass is 313 g/mol. The number of benzene rings is 2. The van der Waals surface area contributed by atoms with E-state index in [1.165, 1.54) is 31.3 Å². The number of anilines is 2. The SMILES string of the molecule is CNC(=O)Nc1cccc(NC(=O)/C=C/c2cccc(F)c2)c1. The molecule has 0 unspecified atom stereocenters. The summed E-state index contributed by atoms with van der Waals surface area (Å²) < 4.78 is 13.0. The normalized spacial score (nSPS) is 10.3. The Balaban J connectivity index is 2.00. The van der Waals surface area contributed by atoms with Crippen LogP contribution in [0.15, 0.2) is 54.6 Å². The molecule has 2 aromatic rings. The highest BCUT2D eigenvalue weighted by Gasteiger charge is 2.02. The maximum atomic E-state index is 13.0. The van der Waals surface area contributed by atoms with Gasteiger partial charge in [0.25, 0.3) is 0 Å². The summed E-state index contributed by atoms with van der Waals surface area (Å²) in [6, 6.07) is 12.3. The van der Waals surface area contributed by atoms with E-state index < -0.39 is 0 Å². The summed E-state index contributed by atoms with van der Waals surface area (Å²) in [4.78, 5) is 23.1. The first-order valence-corrected chi connectivity index (χ1v) is 6.90. The fourth-order valence-electron chi connectivity index (χ4n) is 1.83. The molecule has 3 amide bonds. The topological polar surface area (TPSA) is 70.2 Å². The molecule has 0 aliphatic rings. The Hall–Kier alpha value is -3.15. The Bertz CT molecular complexity index is 744. The maximum Gasteiger partial charge on any atom is 0.318 e. The summed E-state index contributed by atoms with van der Waals surface area (Å²) in [7, 11) is 1.51. The van der Waals surface area contributed by atoms with E-state index >= 15 is 0 Å². The predicted molar refractivity (Wildman–Crippen MR) is 88.6 cm³/mol. The number of amides is 3. The molecule has 0 aliphatic carbocycles. The third-order valence-corrected chi connectivity index (χ3v) is 2.89. The van der Waals surface area contributed by atoms with Gasteiger partial charge in [-0.25, -0.2) is 9.18 Å². The van der Waals surface area contributed by atoms with Gasteiger partial charge in [-0.05, 0) is 42.0 Å². The number of nitrogens with one attached hydrogen (secondary N) is 3. The molecule has 5 nitrogen and oxygen atoms in total. The van der Waals surface area contributed by atoms with Gasteiger partial charge in [0.05, 0.1) is 0 Å². The van der Waals surface area contributed by atoms with Gasteiger partial charge in [0.1, 0.15) is 5.82 Å². The largest absolute Gasteiger partial charge is 0.341 e. The summed E-state index contributed by atoms with van der Waals surface area (Å²) in [5, 5.41) is 7.71. The van der Waals surface area contributed by atoms with Crippen LogP contribution < -0.4 is 16.0 Å². The lowest BCUT2D eigenvalue weighted by atomic mass is 10.2. The predicted octanol–water partition coefficient (Wildman–Crippen LogP) is 3.23. The number of rotatable bonds is 4. The number of hydrogen-bond donors (Lipinski definition) is 3. The second-order valence-corrected chi connectivity index (χ2v) is 4.66. The molecule has 0 atom stereocenters. The van der Waals surface area contributed by atoms with Crippen molar-refractivity contribution in [1.29, 1.82) is 0 Å². The van der Waals surface area contributed by atoms with Crippen molar-refractivity contribution >= 4 is 29.4 Å². The standard InChI is InChI=1S/C17H16FN3O2/c1-19-17(23)21-15-7-3-6-14(11-15)20-16(22)9-8-12-4-2-5-13(18)10-12/h2-11H,1H3,(H,20,22)(H2,19,21,23)/b9-8+. The molecule has 0 aliphatic heterocycles. The molecule has 0 saturated carbocycles. The van der Waals surface area contributed by atoms with Crippen molar-refractivity contribution in [2.45, 2.75) is 0 Å². The average Bonchev–Trinajstić information content (AvgIpc) is 2.53. The van der Waals surface area contributed by atoms with E-state index in [-0.39, 0.29) is 17.8 Å².